The molecule has 0 aromatic rings. The lowest BCUT2D eigenvalue weighted by atomic mass is 10.1. The predicted molar refractivity (Wildman–Crippen MR) is 44.8 cm³/mol. The minimum absolute atomic E-state index is 0.0370. The molecule has 72 valence electrons. The molecule has 0 aliphatic carbocycles. The Bertz CT molecular complexity index is 148. The first kappa shape index (κ1) is 11.2. The normalized spacial score (nSPS) is 15.0. The zero-order valence-corrected chi connectivity index (χ0v) is 7.42. The van der Waals surface area contributed by atoms with Gasteiger partial charge in [-0.15, -0.1) is 0 Å². The van der Waals surface area contributed by atoms with Crippen LogP contribution in [0.1, 0.15) is 13.8 Å². The van der Waals surface area contributed by atoms with Gasteiger partial charge in [0.2, 0.25) is 0 Å². The molecular weight excluding hydrogens is 160 g/mol. The first-order valence-corrected chi connectivity index (χ1v) is 3.87. The van der Waals surface area contributed by atoms with Crippen molar-refractivity contribution in [1.82, 2.24) is 10.6 Å². The summed E-state index contributed by atoms with van der Waals surface area (Å²) in [6, 6.07) is -0.341. The fraction of sp³-hybridized carbons (Fsp3) is 0.857. The lowest BCUT2D eigenvalue weighted by Gasteiger charge is -2.20. The lowest BCUT2D eigenvalue weighted by molar-refractivity contribution is 0.00484. The van der Waals surface area contributed by atoms with Crippen molar-refractivity contribution in [2.45, 2.75) is 19.4 Å². The number of aliphatic hydroxyl groups is 2. The van der Waals surface area contributed by atoms with Crippen LogP contribution in [-0.4, -0.2) is 41.5 Å². The first-order valence-electron chi connectivity index (χ1n) is 3.87. The molecule has 0 aromatic carbocycles. The summed E-state index contributed by atoms with van der Waals surface area (Å²) < 4.78 is 0. The molecule has 5 nitrogen and oxygen atoms in total. The van der Waals surface area contributed by atoms with Crippen LogP contribution in [0.3, 0.4) is 0 Å². The predicted octanol–water partition coefficient (Wildman–Crippen LogP) is -0.951. The minimum Gasteiger partial charge on any atom is -0.393 e. The summed E-state index contributed by atoms with van der Waals surface area (Å²) in [6.45, 7) is 3.44. The van der Waals surface area contributed by atoms with Crippen LogP contribution in [0.25, 0.3) is 0 Å². The fourth-order valence-electron chi connectivity index (χ4n) is 0.550. The van der Waals surface area contributed by atoms with E-state index in [1.807, 2.05) is 0 Å². The third kappa shape index (κ3) is 4.92. The van der Waals surface area contributed by atoms with E-state index in [-0.39, 0.29) is 19.2 Å². The van der Waals surface area contributed by atoms with E-state index in [0.29, 0.717) is 6.54 Å². The number of carbonyl (C=O) groups excluding carboxylic acids is 1. The lowest BCUT2D eigenvalue weighted by Crippen LogP contribution is -2.46. The highest BCUT2D eigenvalue weighted by atomic mass is 16.3. The molecule has 0 bridgehead atoms. The molecule has 0 aliphatic rings. The molecule has 0 aromatic heterocycles. The maximum atomic E-state index is 10.8. The van der Waals surface area contributed by atoms with Crippen LogP contribution >= 0.6 is 0 Å². The van der Waals surface area contributed by atoms with Crippen molar-refractivity contribution >= 4 is 6.03 Å². The number of aliphatic hydroxyl groups excluding tert-OH is 1. The van der Waals surface area contributed by atoms with Crippen LogP contribution in [0.5, 0.6) is 0 Å². The van der Waals surface area contributed by atoms with Gasteiger partial charge in [0, 0.05) is 6.54 Å². The molecule has 12 heavy (non-hydrogen) atoms. The molecular formula is C7H16N2O3. The van der Waals surface area contributed by atoms with E-state index in [4.69, 9.17) is 5.11 Å². The van der Waals surface area contributed by atoms with Gasteiger partial charge in [0.05, 0.1) is 13.2 Å². The highest BCUT2D eigenvalue weighted by molar-refractivity contribution is 5.73. The van der Waals surface area contributed by atoms with Gasteiger partial charge in [0.15, 0.2) is 0 Å². The van der Waals surface area contributed by atoms with Gasteiger partial charge in [-0.1, -0.05) is 0 Å². The number of urea groups is 1. The maximum absolute atomic E-state index is 10.8. The molecule has 1 unspecified atom stereocenters. The summed E-state index contributed by atoms with van der Waals surface area (Å²) in [4.78, 5) is 10.8. The average Bonchev–Trinajstić information content (AvgIpc) is 2.02. The number of amides is 2. The molecule has 0 heterocycles. The Kier molecular flexibility index (Phi) is 4.61. The summed E-state index contributed by atoms with van der Waals surface area (Å²) in [5.74, 6) is 0. The van der Waals surface area contributed by atoms with Crippen LogP contribution < -0.4 is 10.6 Å². The number of nitrogens with one attached hydrogen (secondary N) is 2. The Morgan fingerprint density at radius 1 is 1.50 bits per heavy atom. The summed E-state index contributed by atoms with van der Waals surface area (Å²) >= 11 is 0. The van der Waals surface area contributed by atoms with Gasteiger partial charge in [0.1, 0.15) is 5.60 Å². The van der Waals surface area contributed by atoms with Gasteiger partial charge in [-0.2, -0.15) is 0 Å². The second-order valence-electron chi connectivity index (χ2n) is 2.87. The van der Waals surface area contributed by atoms with Crippen LogP contribution in [0, 0.1) is 0 Å². The summed E-state index contributed by atoms with van der Waals surface area (Å²) in [5.41, 5.74) is -1.24. The Labute approximate surface area is 71.8 Å². The van der Waals surface area contributed by atoms with Gasteiger partial charge in [-0.3, -0.25) is 0 Å². The maximum Gasteiger partial charge on any atom is 0.314 e. The molecule has 0 rings (SSSR count). The van der Waals surface area contributed by atoms with Crippen LogP contribution in [0.4, 0.5) is 4.79 Å². The van der Waals surface area contributed by atoms with E-state index in [2.05, 4.69) is 10.6 Å². The quantitative estimate of drug-likeness (QED) is 0.445. The van der Waals surface area contributed by atoms with E-state index in [0.717, 1.165) is 0 Å². The molecule has 0 spiro atoms. The summed E-state index contributed by atoms with van der Waals surface area (Å²) in [6.07, 6.45) is 0. The van der Waals surface area contributed by atoms with Crippen LogP contribution in [0.2, 0.25) is 0 Å². The van der Waals surface area contributed by atoms with E-state index in [1.54, 1.807) is 6.92 Å². The van der Waals surface area contributed by atoms with Crippen LogP contribution in [0.15, 0.2) is 0 Å². The summed E-state index contributed by atoms with van der Waals surface area (Å²) in [7, 11) is 0. The topological polar surface area (TPSA) is 81.6 Å². The number of rotatable bonds is 4. The Morgan fingerprint density at radius 3 is 2.50 bits per heavy atom. The molecule has 0 fully saturated rings. The first-order chi connectivity index (χ1) is 5.52. The highest BCUT2D eigenvalue weighted by Crippen LogP contribution is 1.97. The summed E-state index contributed by atoms with van der Waals surface area (Å²) in [5, 5.41) is 22.8. The van der Waals surface area contributed by atoms with Crippen molar-refractivity contribution in [1.29, 1.82) is 0 Å². The fourth-order valence-corrected chi connectivity index (χ4v) is 0.550. The third-order valence-electron chi connectivity index (χ3n) is 1.31. The van der Waals surface area contributed by atoms with Crippen LogP contribution in [-0.2, 0) is 0 Å². The molecule has 1 atom stereocenters. The van der Waals surface area contributed by atoms with Crippen molar-refractivity contribution < 1.29 is 15.0 Å². The van der Waals surface area contributed by atoms with Crippen molar-refractivity contribution in [2.24, 2.45) is 0 Å². The molecule has 4 N–H and O–H groups in total. The van der Waals surface area contributed by atoms with Gasteiger partial charge in [-0.05, 0) is 13.8 Å². The smallest absolute Gasteiger partial charge is 0.314 e. The van der Waals surface area contributed by atoms with Gasteiger partial charge in [-0.25, -0.2) is 4.79 Å². The SMILES string of the molecule is CCNC(=O)NCC(C)(O)CO. The second kappa shape index (κ2) is 4.95. The Morgan fingerprint density at radius 2 is 2.08 bits per heavy atom. The van der Waals surface area contributed by atoms with Gasteiger partial charge in [0.25, 0.3) is 0 Å². The Balaban J connectivity index is 3.60. The molecule has 0 radical (unpaired) electrons. The largest absolute Gasteiger partial charge is 0.393 e. The van der Waals surface area contributed by atoms with Crippen molar-refractivity contribution in [3.63, 3.8) is 0 Å². The minimum atomic E-state index is -1.24. The van der Waals surface area contributed by atoms with E-state index < -0.39 is 5.60 Å². The zero-order valence-electron chi connectivity index (χ0n) is 7.42. The van der Waals surface area contributed by atoms with E-state index >= 15 is 0 Å². The molecule has 2 amide bonds. The van der Waals surface area contributed by atoms with E-state index in [9.17, 15) is 9.90 Å². The molecule has 0 aliphatic heterocycles. The molecule has 5 heteroatoms. The monoisotopic (exact) mass is 176 g/mol. The number of hydrogen-bond donors (Lipinski definition) is 4. The zero-order chi connectivity index (χ0) is 9.61. The standard InChI is InChI=1S/C7H16N2O3/c1-3-8-6(11)9-4-7(2,12)5-10/h10,12H,3-5H2,1-2H3,(H2,8,9,11). The van der Waals surface area contributed by atoms with E-state index in [1.165, 1.54) is 6.92 Å². The second-order valence-corrected chi connectivity index (χ2v) is 2.87. The van der Waals surface area contributed by atoms with Crippen molar-refractivity contribution in [3.8, 4) is 0 Å². The van der Waals surface area contributed by atoms with Gasteiger partial charge < -0.3 is 20.8 Å². The number of hydrogen-bond acceptors (Lipinski definition) is 3. The van der Waals surface area contributed by atoms with Gasteiger partial charge >= 0.3 is 6.03 Å². The van der Waals surface area contributed by atoms with Crippen molar-refractivity contribution in [2.75, 3.05) is 19.7 Å². The number of carbonyl (C=O) groups is 1. The Hall–Kier alpha value is -0.810. The third-order valence-corrected chi connectivity index (χ3v) is 1.31. The molecule has 0 saturated carbocycles. The highest BCUT2D eigenvalue weighted by Gasteiger charge is 2.19. The van der Waals surface area contributed by atoms with Crippen molar-refractivity contribution in [3.05, 3.63) is 0 Å². The average molecular weight is 176 g/mol. The molecule has 0 saturated heterocycles.